The van der Waals surface area contributed by atoms with Crippen LogP contribution in [0.5, 0.6) is 5.75 Å². The van der Waals surface area contributed by atoms with Crippen molar-refractivity contribution >= 4 is 0 Å². The fraction of sp³-hybridized carbons (Fsp3) is 0.467. The zero-order valence-electron chi connectivity index (χ0n) is 11.0. The second-order valence-corrected chi connectivity index (χ2v) is 4.56. The van der Waals surface area contributed by atoms with Gasteiger partial charge in [-0.05, 0) is 36.5 Å². The Morgan fingerprint density at radius 3 is 2.42 bits per heavy atom. The number of alkyl halides is 3. The lowest BCUT2D eigenvalue weighted by atomic mass is 9.98. The first-order valence-electron chi connectivity index (χ1n) is 6.33. The predicted molar refractivity (Wildman–Crippen MR) is 70.5 cm³/mol. The Kier molecular flexibility index (Phi) is 5.93. The number of hydrogen-bond acceptors (Lipinski definition) is 1. The van der Waals surface area contributed by atoms with Crippen molar-refractivity contribution in [2.75, 3.05) is 6.61 Å². The first-order valence-corrected chi connectivity index (χ1v) is 6.33. The highest BCUT2D eigenvalue weighted by molar-refractivity contribution is 5.29. The summed E-state index contributed by atoms with van der Waals surface area (Å²) in [7, 11) is 0. The molecule has 0 aromatic heterocycles. The summed E-state index contributed by atoms with van der Waals surface area (Å²) in [5.41, 5.74) is 1.17. The monoisotopic (exact) mass is 272 g/mol. The summed E-state index contributed by atoms with van der Waals surface area (Å²) >= 11 is 0. The van der Waals surface area contributed by atoms with E-state index in [1.54, 1.807) is 12.1 Å². The van der Waals surface area contributed by atoms with Gasteiger partial charge in [0, 0.05) is 6.42 Å². The molecule has 1 aromatic rings. The second-order valence-electron chi connectivity index (χ2n) is 4.56. The zero-order chi connectivity index (χ0) is 14.3. The fourth-order valence-electron chi connectivity index (χ4n) is 1.74. The van der Waals surface area contributed by atoms with E-state index in [1.165, 1.54) is 5.56 Å². The third kappa shape index (κ3) is 6.32. The molecule has 0 aliphatic heterocycles. The highest BCUT2D eigenvalue weighted by Crippen LogP contribution is 2.23. The fourth-order valence-corrected chi connectivity index (χ4v) is 1.74. The third-order valence-electron chi connectivity index (χ3n) is 2.84. The Balaban J connectivity index is 2.38. The maximum Gasteiger partial charge on any atom is 0.389 e. The van der Waals surface area contributed by atoms with E-state index in [0.29, 0.717) is 11.7 Å². The van der Waals surface area contributed by atoms with Crippen LogP contribution in [0.15, 0.2) is 36.9 Å². The molecule has 1 aromatic carbocycles. The van der Waals surface area contributed by atoms with E-state index >= 15 is 0 Å². The molecule has 0 bridgehead atoms. The molecule has 0 amide bonds. The van der Waals surface area contributed by atoms with Crippen LogP contribution in [0.25, 0.3) is 0 Å². The highest BCUT2D eigenvalue weighted by Gasteiger charge is 2.26. The third-order valence-corrected chi connectivity index (χ3v) is 2.84. The van der Waals surface area contributed by atoms with Gasteiger partial charge in [0.15, 0.2) is 0 Å². The maximum atomic E-state index is 11.9. The van der Waals surface area contributed by atoms with Crippen LogP contribution in [0.1, 0.15) is 37.7 Å². The van der Waals surface area contributed by atoms with Crippen molar-refractivity contribution in [3.05, 3.63) is 42.5 Å². The molecule has 0 saturated heterocycles. The number of benzene rings is 1. The van der Waals surface area contributed by atoms with Gasteiger partial charge in [-0.1, -0.05) is 25.1 Å². The lowest BCUT2D eigenvalue weighted by Gasteiger charge is -2.11. The molecule has 0 aliphatic carbocycles. The number of halogens is 3. The van der Waals surface area contributed by atoms with Gasteiger partial charge in [-0.3, -0.25) is 0 Å². The molecule has 0 radical (unpaired) electrons. The number of allylic oxidation sites excluding steroid dienone is 1. The van der Waals surface area contributed by atoms with Crippen molar-refractivity contribution in [1.29, 1.82) is 0 Å². The Labute approximate surface area is 112 Å². The van der Waals surface area contributed by atoms with E-state index in [-0.39, 0.29) is 13.0 Å². The largest absolute Gasteiger partial charge is 0.494 e. The molecular formula is C15H19F3O. The normalized spacial score (nSPS) is 13.1. The summed E-state index contributed by atoms with van der Waals surface area (Å²) in [5.74, 6) is 0.994. The lowest BCUT2D eigenvalue weighted by Crippen LogP contribution is -2.09. The lowest BCUT2D eigenvalue weighted by molar-refractivity contribution is -0.136. The van der Waals surface area contributed by atoms with Gasteiger partial charge in [0.1, 0.15) is 5.75 Å². The standard InChI is InChI=1S/C15H19F3O/c1-3-5-12(2)13-6-8-14(9-7-13)19-11-4-10-15(16,17)18/h3,6-9,12H,1,4-5,10-11H2,2H3. The van der Waals surface area contributed by atoms with Crippen LogP contribution in [-0.4, -0.2) is 12.8 Å². The van der Waals surface area contributed by atoms with Crippen LogP contribution in [0.4, 0.5) is 13.2 Å². The molecule has 0 heterocycles. The summed E-state index contributed by atoms with van der Waals surface area (Å²) in [6, 6.07) is 7.46. The maximum absolute atomic E-state index is 11.9. The summed E-state index contributed by atoms with van der Waals surface area (Å²) in [5, 5.41) is 0. The average molecular weight is 272 g/mol. The Hall–Kier alpha value is -1.45. The Bertz CT molecular complexity index is 381. The smallest absolute Gasteiger partial charge is 0.389 e. The summed E-state index contributed by atoms with van der Waals surface area (Å²) in [6.45, 7) is 5.88. The predicted octanol–water partition coefficient (Wildman–Crippen LogP) is 5.09. The van der Waals surface area contributed by atoms with Crippen molar-refractivity contribution in [2.45, 2.75) is 38.3 Å². The molecule has 19 heavy (non-hydrogen) atoms. The summed E-state index contributed by atoms with van der Waals surface area (Å²) < 4.78 is 41.1. The second kappa shape index (κ2) is 7.22. The molecule has 106 valence electrons. The van der Waals surface area contributed by atoms with Gasteiger partial charge >= 0.3 is 6.18 Å². The van der Waals surface area contributed by atoms with Crippen molar-refractivity contribution in [2.24, 2.45) is 0 Å². The molecule has 0 spiro atoms. The highest BCUT2D eigenvalue weighted by atomic mass is 19.4. The number of ether oxygens (including phenoxy) is 1. The minimum atomic E-state index is -4.10. The van der Waals surface area contributed by atoms with Crippen molar-refractivity contribution in [1.82, 2.24) is 0 Å². The van der Waals surface area contributed by atoms with Crippen LogP contribution >= 0.6 is 0 Å². The van der Waals surface area contributed by atoms with Gasteiger partial charge in [0.25, 0.3) is 0 Å². The van der Waals surface area contributed by atoms with Crippen LogP contribution in [0.2, 0.25) is 0 Å². The van der Waals surface area contributed by atoms with E-state index in [0.717, 1.165) is 6.42 Å². The van der Waals surface area contributed by atoms with Crippen LogP contribution in [-0.2, 0) is 0 Å². The van der Waals surface area contributed by atoms with Gasteiger partial charge in [-0.15, -0.1) is 6.58 Å². The molecule has 1 rings (SSSR count). The van der Waals surface area contributed by atoms with Gasteiger partial charge < -0.3 is 4.74 Å². The van der Waals surface area contributed by atoms with Crippen LogP contribution in [0.3, 0.4) is 0 Å². The molecule has 4 heteroatoms. The number of hydrogen-bond donors (Lipinski definition) is 0. The van der Waals surface area contributed by atoms with Crippen molar-refractivity contribution < 1.29 is 17.9 Å². The number of rotatable bonds is 7. The van der Waals surface area contributed by atoms with Crippen molar-refractivity contribution in [3.63, 3.8) is 0 Å². The molecule has 1 unspecified atom stereocenters. The molecule has 0 aliphatic rings. The van der Waals surface area contributed by atoms with E-state index in [2.05, 4.69) is 13.5 Å². The van der Waals surface area contributed by atoms with Crippen LogP contribution in [0, 0.1) is 0 Å². The molecule has 0 N–H and O–H groups in total. The molecule has 1 atom stereocenters. The Morgan fingerprint density at radius 2 is 1.89 bits per heavy atom. The van der Waals surface area contributed by atoms with Gasteiger partial charge in [0.05, 0.1) is 6.61 Å². The molecule has 1 nitrogen and oxygen atoms in total. The molecular weight excluding hydrogens is 253 g/mol. The summed E-state index contributed by atoms with van der Waals surface area (Å²) in [4.78, 5) is 0. The molecule has 0 fully saturated rings. The Morgan fingerprint density at radius 1 is 1.26 bits per heavy atom. The minimum absolute atomic E-state index is 0.0158. The summed E-state index contributed by atoms with van der Waals surface area (Å²) in [6.07, 6.45) is -2.16. The quantitative estimate of drug-likeness (QED) is 0.496. The van der Waals surface area contributed by atoms with E-state index in [1.807, 2.05) is 18.2 Å². The van der Waals surface area contributed by atoms with E-state index < -0.39 is 12.6 Å². The van der Waals surface area contributed by atoms with Gasteiger partial charge in [-0.2, -0.15) is 13.2 Å². The van der Waals surface area contributed by atoms with E-state index in [9.17, 15) is 13.2 Å². The topological polar surface area (TPSA) is 9.23 Å². The van der Waals surface area contributed by atoms with Gasteiger partial charge in [-0.25, -0.2) is 0 Å². The van der Waals surface area contributed by atoms with Crippen LogP contribution < -0.4 is 4.74 Å². The average Bonchev–Trinajstić information content (AvgIpc) is 2.34. The SMILES string of the molecule is C=CCC(C)c1ccc(OCCCC(F)(F)F)cc1. The zero-order valence-corrected chi connectivity index (χ0v) is 11.0. The van der Waals surface area contributed by atoms with E-state index in [4.69, 9.17) is 4.74 Å². The van der Waals surface area contributed by atoms with Gasteiger partial charge in [0.2, 0.25) is 0 Å². The first kappa shape index (κ1) is 15.6. The minimum Gasteiger partial charge on any atom is -0.494 e. The molecule has 0 saturated carbocycles. The van der Waals surface area contributed by atoms with Crippen molar-refractivity contribution in [3.8, 4) is 5.75 Å². The first-order chi connectivity index (χ1) is 8.92.